The van der Waals surface area contributed by atoms with E-state index in [0.717, 1.165) is 45.1 Å². The topological polar surface area (TPSA) is 12.5 Å². The van der Waals surface area contributed by atoms with Crippen molar-refractivity contribution in [1.29, 1.82) is 0 Å². The molecule has 10 aromatic rings. The number of anilines is 3. The van der Waals surface area contributed by atoms with E-state index in [-0.39, 0.29) is 0 Å². The lowest BCUT2D eigenvalue weighted by molar-refractivity contribution is 0.487. The van der Waals surface area contributed by atoms with Crippen molar-refractivity contribution in [1.82, 2.24) is 0 Å². The van der Waals surface area contributed by atoms with Crippen molar-refractivity contribution in [3.8, 4) is 56.0 Å². The van der Waals surface area contributed by atoms with Crippen LogP contribution in [0.1, 0.15) is 0 Å². The summed E-state index contributed by atoms with van der Waals surface area (Å²) >= 11 is 0. The van der Waals surface area contributed by atoms with E-state index >= 15 is 0 Å². The Morgan fingerprint density at radius 2 is 0.893 bits per heavy atom. The molecule has 0 atom stereocenters. The van der Waals surface area contributed by atoms with Crippen LogP contribution >= 0.6 is 0 Å². The average molecular weight is 714 g/mol. The standard InChI is InChI=1S/C54H35NO/c1-2-12-40-34-41(23-22-36(40)10-1)37-24-28-43(29-25-37)55(44-30-26-39(27-31-44)47-18-8-13-38-11-3-4-16-46(38)47)45-15-7-14-42(35-45)48-32-33-53-54-50(48)19-9-20-51(54)49-17-5-6-21-52(49)56-53/h1-35H. The van der Waals surface area contributed by atoms with Gasteiger partial charge in [-0.2, -0.15) is 0 Å². The van der Waals surface area contributed by atoms with Crippen molar-refractivity contribution in [2.24, 2.45) is 0 Å². The molecule has 0 unspecified atom stereocenters. The van der Waals surface area contributed by atoms with Crippen molar-refractivity contribution in [3.63, 3.8) is 0 Å². The van der Waals surface area contributed by atoms with Gasteiger partial charge in [0.15, 0.2) is 0 Å². The monoisotopic (exact) mass is 713 g/mol. The molecule has 1 heterocycles. The van der Waals surface area contributed by atoms with Crippen LogP contribution in [-0.4, -0.2) is 0 Å². The molecule has 0 fully saturated rings. The summed E-state index contributed by atoms with van der Waals surface area (Å²) in [6, 6.07) is 76.5. The summed E-state index contributed by atoms with van der Waals surface area (Å²) in [5.41, 5.74) is 12.7. The van der Waals surface area contributed by atoms with E-state index in [4.69, 9.17) is 4.74 Å². The third-order valence-electron chi connectivity index (χ3n) is 11.2. The SMILES string of the molecule is c1cc(-c2ccc3c4c(cccc24)-c2ccccc2O3)cc(N(c2ccc(-c3ccc4ccccc4c3)cc2)c2ccc(-c3cccc4ccccc34)cc2)c1. The highest BCUT2D eigenvalue weighted by molar-refractivity contribution is 6.10. The van der Waals surface area contributed by atoms with Crippen LogP contribution < -0.4 is 9.64 Å². The zero-order valence-corrected chi connectivity index (χ0v) is 30.6. The van der Waals surface area contributed by atoms with E-state index in [1.807, 2.05) is 12.1 Å². The van der Waals surface area contributed by atoms with Crippen molar-refractivity contribution in [2.45, 2.75) is 0 Å². The van der Waals surface area contributed by atoms with E-state index in [1.165, 1.54) is 60.3 Å². The summed E-state index contributed by atoms with van der Waals surface area (Å²) in [6.45, 7) is 0. The first-order chi connectivity index (χ1) is 27.7. The van der Waals surface area contributed by atoms with Crippen molar-refractivity contribution in [2.75, 3.05) is 4.90 Å². The van der Waals surface area contributed by atoms with Gasteiger partial charge < -0.3 is 9.64 Å². The highest BCUT2D eigenvalue weighted by Gasteiger charge is 2.22. The molecular weight excluding hydrogens is 679 g/mol. The summed E-state index contributed by atoms with van der Waals surface area (Å²) in [5, 5.41) is 7.32. The molecule has 0 amide bonds. The maximum atomic E-state index is 6.44. The van der Waals surface area contributed by atoms with E-state index in [1.54, 1.807) is 0 Å². The number of benzene rings is 10. The van der Waals surface area contributed by atoms with E-state index in [9.17, 15) is 0 Å². The summed E-state index contributed by atoms with van der Waals surface area (Å²) in [7, 11) is 0. The van der Waals surface area contributed by atoms with Gasteiger partial charge in [-0.05, 0) is 120 Å². The van der Waals surface area contributed by atoms with E-state index < -0.39 is 0 Å². The van der Waals surface area contributed by atoms with Crippen molar-refractivity contribution in [3.05, 3.63) is 212 Å². The average Bonchev–Trinajstić information content (AvgIpc) is 3.27. The lowest BCUT2D eigenvalue weighted by Crippen LogP contribution is -2.10. The van der Waals surface area contributed by atoms with Gasteiger partial charge in [-0.1, -0.05) is 158 Å². The van der Waals surface area contributed by atoms with Crippen LogP contribution in [0.2, 0.25) is 0 Å². The number of rotatable bonds is 6. The molecule has 56 heavy (non-hydrogen) atoms. The molecule has 262 valence electrons. The summed E-state index contributed by atoms with van der Waals surface area (Å²) < 4.78 is 6.44. The number of hydrogen-bond acceptors (Lipinski definition) is 2. The minimum absolute atomic E-state index is 0.897. The fraction of sp³-hybridized carbons (Fsp3) is 0. The first-order valence-electron chi connectivity index (χ1n) is 19.2. The summed E-state index contributed by atoms with van der Waals surface area (Å²) in [5.74, 6) is 1.80. The summed E-state index contributed by atoms with van der Waals surface area (Å²) in [6.07, 6.45) is 0. The van der Waals surface area contributed by atoms with Crippen LogP contribution in [0.25, 0.3) is 76.8 Å². The molecule has 0 saturated heterocycles. The molecule has 1 aliphatic heterocycles. The number of ether oxygens (including phenoxy) is 1. The van der Waals surface area contributed by atoms with Gasteiger partial charge in [0.25, 0.3) is 0 Å². The number of para-hydroxylation sites is 1. The molecule has 0 saturated carbocycles. The lowest BCUT2D eigenvalue weighted by atomic mass is 9.90. The zero-order chi connectivity index (χ0) is 37.0. The van der Waals surface area contributed by atoms with Gasteiger partial charge in [0.2, 0.25) is 0 Å². The van der Waals surface area contributed by atoms with Gasteiger partial charge in [0.1, 0.15) is 11.5 Å². The Morgan fingerprint density at radius 3 is 1.75 bits per heavy atom. The van der Waals surface area contributed by atoms with Crippen molar-refractivity contribution < 1.29 is 4.74 Å². The molecule has 2 nitrogen and oxygen atoms in total. The Hall–Kier alpha value is -7.42. The largest absolute Gasteiger partial charge is 0.456 e. The fourth-order valence-electron chi connectivity index (χ4n) is 8.53. The first-order valence-corrected chi connectivity index (χ1v) is 19.2. The Labute approximate surface area is 326 Å². The number of nitrogens with zero attached hydrogens (tertiary/aromatic N) is 1. The second-order valence-electron chi connectivity index (χ2n) is 14.5. The fourth-order valence-corrected chi connectivity index (χ4v) is 8.53. The molecule has 0 N–H and O–H groups in total. The predicted molar refractivity (Wildman–Crippen MR) is 235 cm³/mol. The molecule has 1 aliphatic rings. The maximum absolute atomic E-state index is 6.44. The van der Waals surface area contributed by atoms with Gasteiger partial charge >= 0.3 is 0 Å². The minimum atomic E-state index is 0.897. The van der Waals surface area contributed by atoms with Crippen LogP contribution in [0.4, 0.5) is 17.1 Å². The molecule has 10 aromatic carbocycles. The Balaban J connectivity index is 1.03. The van der Waals surface area contributed by atoms with Gasteiger partial charge in [-0.25, -0.2) is 0 Å². The van der Waals surface area contributed by atoms with Crippen LogP contribution in [-0.2, 0) is 0 Å². The third kappa shape index (κ3) is 5.42. The van der Waals surface area contributed by atoms with Crippen LogP contribution in [0.15, 0.2) is 212 Å². The smallest absolute Gasteiger partial charge is 0.135 e. The maximum Gasteiger partial charge on any atom is 0.135 e. The lowest BCUT2D eigenvalue weighted by Gasteiger charge is -2.27. The Morgan fingerprint density at radius 1 is 0.286 bits per heavy atom. The van der Waals surface area contributed by atoms with Gasteiger partial charge in [-0.3, -0.25) is 0 Å². The molecule has 0 aliphatic carbocycles. The molecule has 0 radical (unpaired) electrons. The number of hydrogen-bond donors (Lipinski definition) is 0. The highest BCUT2D eigenvalue weighted by Crippen LogP contribution is 2.49. The highest BCUT2D eigenvalue weighted by atomic mass is 16.5. The minimum Gasteiger partial charge on any atom is -0.456 e. The molecule has 11 rings (SSSR count). The quantitative estimate of drug-likeness (QED) is 0.170. The summed E-state index contributed by atoms with van der Waals surface area (Å²) in [4.78, 5) is 2.37. The third-order valence-corrected chi connectivity index (χ3v) is 11.2. The van der Waals surface area contributed by atoms with Crippen LogP contribution in [0.5, 0.6) is 11.5 Å². The first kappa shape index (κ1) is 32.0. The molecule has 2 heteroatoms. The predicted octanol–water partition coefficient (Wildman–Crippen LogP) is 15.4. The normalized spacial score (nSPS) is 11.7. The second-order valence-corrected chi connectivity index (χ2v) is 14.5. The zero-order valence-electron chi connectivity index (χ0n) is 30.6. The van der Waals surface area contributed by atoms with E-state index in [2.05, 4.69) is 205 Å². The van der Waals surface area contributed by atoms with Gasteiger partial charge in [0, 0.05) is 28.0 Å². The van der Waals surface area contributed by atoms with Crippen LogP contribution in [0.3, 0.4) is 0 Å². The number of fused-ring (bicyclic) bond motifs is 4. The van der Waals surface area contributed by atoms with Gasteiger partial charge in [-0.15, -0.1) is 0 Å². The molecule has 0 aromatic heterocycles. The van der Waals surface area contributed by atoms with Crippen molar-refractivity contribution >= 4 is 49.4 Å². The van der Waals surface area contributed by atoms with E-state index in [0.29, 0.717) is 0 Å². The Kier molecular flexibility index (Phi) is 7.53. The van der Waals surface area contributed by atoms with Crippen LogP contribution in [0, 0.1) is 0 Å². The second kappa shape index (κ2) is 13.2. The molecule has 0 spiro atoms. The van der Waals surface area contributed by atoms with Gasteiger partial charge in [0.05, 0.1) is 0 Å². The molecular formula is C54H35NO. The Bertz CT molecular complexity index is 3100. The molecule has 0 bridgehead atoms.